The summed E-state index contributed by atoms with van der Waals surface area (Å²) >= 11 is 0.794. The van der Waals surface area contributed by atoms with Crippen LogP contribution in [0.3, 0.4) is 0 Å². The number of hydrogen-bond donors (Lipinski definition) is 1. The number of nitriles is 1. The molecule has 1 aliphatic carbocycles. The third-order valence-corrected chi connectivity index (χ3v) is 5.87. The van der Waals surface area contributed by atoms with E-state index in [0.29, 0.717) is 0 Å². The van der Waals surface area contributed by atoms with E-state index >= 15 is 0 Å². The zero-order valence-electron chi connectivity index (χ0n) is 14.1. The van der Waals surface area contributed by atoms with Crippen molar-refractivity contribution in [2.24, 2.45) is 16.6 Å². The number of pyridine rings is 1. The van der Waals surface area contributed by atoms with Gasteiger partial charge in [-0.15, -0.1) is 0 Å². The van der Waals surface area contributed by atoms with Gasteiger partial charge in [0.2, 0.25) is 0 Å². The lowest BCUT2D eigenvalue weighted by Gasteiger charge is -2.18. The van der Waals surface area contributed by atoms with Gasteiger partial charge >= 0.3 is 0 Å². The smallest absolute Gasteiger partial charge is 0.267 e. The maximum Gasteiger partial charge on any atom is 0.267 e. The topological polar surface area (TPSA) is 75.1 Å². The number of thioether (sulfide) groups is 1. The molecule has 3 unspecified atom stereocenters. The monoisotopic (exact) mass is 404 g/mol. The molecule has 0 radical (unpaired) electrons. The van der Waals surface area contributed by atoms with Crippen molar-refractivity contribution in [1.29, 1.82) is 5.26 Å². The predicted molar refractivity (Wildman–Crippen MR) is 98.5 cm³/mol. The highest BCUT2D eigenvalue weighted by molar-refractivity contribution is 8.14. The minimum Gasteiger partial charge on any atom is -0.379 e. The molecular weight excluding hydrogens is 392 g/mol. The maximum atomic E-state index is 14.5. The summed E-state index contributed by atoms with van der Waals surface area (Å²) in [5, 5.41) is 7.72. The molecule has 28 heavy (non-hydrogen) atoms. The van der Waals surface area contributed by atoms with Crippen LogP contribution in [0.5, 0.6) is 0 Å². The van der Waals surface area contributed by atoms with Crippen molar-refractivity contribution in [2.75, 3.05) is 0 Å². The van der Waals surface area contributed by atoms with E-state index in [9.17, 15) is 17.6 Å². The van der Waals surface area contributed by atoms with Crippen LogP contribution in [0.1, 0.15) is 28.4 Å². The van der Waals surface area contributed by atoms with Crippen molar-refractivity contribution in [2.45, 2.75) is 17.2 Å². The van der Waals surface area contributed by atoms with Crippen molar-refractivity contribution < 1.29 is 17.6 Å². The van der Waals surface area contributed by atoms with E-state index in [2.05, 4.69) is 9.98 Å². The molecule has 2 N–H and O–H groups in total. The molecule has 2 heterocycles. The van der Waals surface area contributed by atoms with Crippen LogP contribution in [-0.4, -0.2) is 21.3 Å². The number of alkyl halides is 2. The van der Waals surface area contributed by atoms with Gasteiger partial charge in [0, 0.05) is 11.8 Å². The van der Waals surface area contributed by atoms with Crippen molar-refractivity contribution in [3.05, 3.63) is 64.7 Å². The van der Waals surface area contributed by atoms with Gasteiger partial charge in [-0.05, 0) is 35.9 Å². The van der Waals surface area contributed by atoms with Crippen LogP contribution >= 0.6 is 11.8 Å². The summed E-state index contributed by atoms with van der Waals surface area (Å²) < 4.78 is 56.7. The minimum absolute atomic E-state index is 0.00463. The Bertz CT molecular complexity index is 1040. The Hall–Kier alpha value is -2.86. The van der Waals surface area contributed by atoms with Crippen molar-refractivity contribution in [3.8, 4) is 6.07 Å². The summed E-state index contributed by atoms with van der Waals surface area (Å²) in [6.07, 6.45) is 2.34. The van der Waals surface area contributed by atoms with E-state index in [1.54, 1.807) is 0 Å². The number of amidine groups is 1. The highest BCUT2D eigenvalue weighted by Gasteiger charge is 2.73. The van der Waals surface area contributed by atoms with Crippen LogP contribution in [0.15, 0.2) is 41.5 Å². The summed E-state index contributed by atoms with van der Waals surface area (Å²) in [6, 6.07) is 7.22. The molecule has 4 nitrogen and oxygen atoms in total. The lowest BCUT2D eigenvalue weighted by molar-refractivity contribution is 0.0948. The Morgan fingerprint density at radius 1 is 1.29 bits per heavy atom. The second-order valence-corrected chi connectivity index (χ2v) is 7.63. The third-order valence-electron chi connectivity index (χ3n) is 4.66. The molecule has 1 fully saturated rings. The Morgan fingerprint density at radius 3 is 2.75 bits per heavy atom. The zero-order chi connectivity index (χ0) is 20.1. The van der Waals surface area contributed by atoms with E-state index < -0.39 is 34.8 Å². The highest BCUT2D eigenvalue weighted by atomic mass is 32.2. The normalized spacial score (nSPS) is 25.5. The van der Waals surface area contributed by atoms with Gasteiger partial charge in [0.15, 0.2) is 5.17 Å². The fraction of sp³-hybridized carbons (Fsp3) is 0.211. The van der Waals surface area contributed by atoms with E-state index in [0.717, 1.165) is 23.9 Å². The number of nitrogens with zero attached hydrogens (tertiary/aromatic N) is 3. The van der Waals surface area contributed by atoms with Gasteiger partial charge in [-0.2, -0.15) is 5.26 Å². The number of hydrogen-bond acceptors (Lipinski definition) is 5. The molecule has 2 aromatic rings. The molecule has 1 aromatic carbocycles. The zero-order valence-corrected chi connectivity index (χ0v) is 14.9. The molecule has 4 rings (SSSR count). The summed E-state index contributed by atoms with van der Waals surface area (Å²) in [4.78, 5) is 7.85. The largest absolute Gasteiger partial charge is 0.379 e. The van der Waals surface area contributed by atoms with Crippen LogP contribution in [0, 0.1) is 23.1 Å². The summed E-state index contributed by atoms with van der Waals surface area (Å²) in [5.74, 6) is -5.53. The fourth-order valence-corrected chi connectivity index (χ4v) is 4.34. The molecule has 1 aromatic heterocycles. The molecule has 3 atom stereocenters. The molecule has 0 amide bonds. The van der Waals surface area contributed by atoms with Crippen LogP contribution in [0.4, 0.5) is 17.6 Å². The first kappa shape index (κ1) is 18.5. The van der Waals surface area contributed by atoms with Gasteiger partial charge in [-0.3, -0.25) is 9.98 Å². The van der Waals surface area contributed by atoms with Gasteiger partial charge in [0.25, 0.3) is 5.92 Å². The average molecular weight is 404 g/mol. The number of aliphatic imine (C=N–C) groups is 1. The summed E-state index contributed by atoms with van der Waals surface area (Å²) in [6.45, 7) is 0. The van der Waals surface area contributed by atoms with E-state index in [1.165, 1.54) is 30.5 Å². The van der Waals surface area contributed by atoms with Gasteiger partial charge < -0.3 is 5.73 Å². The fourth-order valence-electron chi connectivity index (χ4n) is 3.19. The number of nitrogens with two attached hydrogens (primary N) is 1. The quantitative estimate of drug-likeness (QED) is 0.775. The third kappa shape index (κ3) is 3.14. The standard InChI is InChI=1S/C19H12F4N4S/c20-12-3-1-9(6-13(21)14-4-2-10(7-24)8-26-14)5-11(12)16-15-17(19(15,22)23)28-18(25)27-16/h1-6,8,15-17H,(H2,25,27)/b13-6-. The molecule has 0 bridgehead atoms. The minimum atomic E-state index is -2.98. The van der Waals surface area contributed by atoms with Crippen molar-refractivity contribution in [1.82, 2.24) is 4.98 Å². The van der Waals surface area contributed by atoms with Crippen LogP contribution in [0.2, 0.25) is 0 Å². The first-order valence-electron chi connectivity index (χ1n) is 8.22. The number of rotatable bonds is 3. The van der Waals surface area contributed by atoms with E-state index in [4.69, 9.17) is 11.0 Å². The number of aromatic nitrogens is 1. The first-order valence-corrected chi connectivity index (χ1v) is 9.10. The van der Waals surface area contributed by atoms with E-state index in [1.807, 2.05) is 6.07 Å². The van der Waals surface area contributed by atoms with Crippen molar-refractivity contribution in [3.63, 3.8) is 0 Å². The highest BCUT2D eigenvalue weighted by Crippen LogP contribution is 2.64. The van der Waals surface area contributed by atoms with Crippen molar-refractivity contribution >= 4 is 28.8 Å². The SMILES string of the molecule is N#Cc1ccc(/C(F)=C/c2ccc(F)c(C3N=C(N)SC4C3C4(F)F)c2)nc1. The molecule has 2 aliphatic rings. The van der Waals surface area contributed by atoms with Gasteiger partial charge in [0.05, 0.1) is 28.5 Å². The van der Waals surface area contributed by atoms with Crippen LogP contribution in [-0.2, 0) is 0 Å². The summed E-state index contributed by atoms with van der Waals surface area (Å²) in [7, 11) is 0. The number of benzene rings is 1. The van der Waals surface area contributed by atoms with Crippen LogP contribution in [0.25, 0.3) is 11.9 Å². The average Bonchev–Trinajstić information content (AvgIpc) is 3.23. The Morgan fingerprint density at radius 2 is 2.07 bits per heavy atom. The number of fused-ring (bicyclic) bond motifs is 1. The Kier molecular flexibility index (Phi) is 4.38. The molecule has 1 aliphatic heterocycles. The van der Waals surface area contributed by atoms with Gasteiger partial charge in [-0.1, -0.05) is 17.8 Å². The maximum absolute atomic E-state index is 14.5. The lowest BCUT2D eigenvalue weighted by atomic mass is 9.99. The second kappa shape index (κ2) is 6.63. The van der Waals surface area contributed by atoms with Gasteiger partial charge in [0.1, 0.15) is 17.7 Å². The Labute approximate surface area is 161 Å². The van der Waals surface area contributed by atoms with Crippen LogP contribution < -0.4 is 5.73 Å². The molecule has 0 spiro atoms. The second-order valence-electron chi connectivity index (χ2n) is 6.47. The molecular formula is C19H12F4N4S. The predicted octanol–water partition coefficient (Wildman–Crippen LogP) is 4.30. The summed E-state index contributed by atoms with van der Waals surface area (Å²) in [5.41, 5.74) is 6.12. The molecule has 1 saturated carbocycles. The van der Waals surface area contributed by atoms with E-state index in [-0.39, 0.29) is 27.6 Å². The molecule has 142 valence electrons. The molecule has 9 heteroatoms. The van der Waals surface area contributed by atoms with Gasteiger partial charge in [-0.25, -0.2) is 17.6 Å². The Balaban J connectivity index is 1.67. The molecule has 0 saturated heterocycles. The lowest BCUT2D eigenvalue weighted by Crippen LogP contribution is -2.17. The number of halogens is 4. The first-order chi connectivity index (χ1) is 13.3.